The lowest BCUT2D eigenvalue weighted by atomic mass is 10.0. The fourth-order valence-corrected chi connectivity index (χ4v) is 3.22. The molecule has 0 atom stereocenters. The minimum absolute atomic E-state index is 0.0324. The van der Waals surface area contributed by atoms with E-state index in [0.29, 0.717) is 9.04 Å². The van der Waals surface area contributed by atoms with Gasteiger partial charge in [-0.05, 0) is 48.0 Å². The van der Waals surface area contributed by atoms with Crippen LogP contribution >= 0.6 is 15.9 Å². The van der Waals surface area contributed by atoms with E-state index in [4.69, 9.17) is 4.42 Å². The van der Waals surface area contributed by atoms with E-state index in [0.717, 1.165) is 18.2 Å². The molecule has 3 aromatic carbocycles. The van der Waals surface area contributed by atoms with Gasteiger partial charge in [0, 0.05) is 16.1 Å². The molecule has 0 aliphatic rings. The van der Waals surface area contributed by atoms with Gasteiger partial charge in [0.1, 0.15) is 23.0 Å². The van der Waals surface area contributed by atoms with Gasteiger partial charge in [0.2, 0.25) is 0 Å². The van der Waals surface area contributed by atoms with Gasteiger partial charge in [-0.15, -0.1) is 0 Å². The lowest BCUT2D eigenvalue weighted by Gasteiger charge is -2.08. The largest absolute Gasteiger partial charge is 0.427 e. The predicted molar refractivity (Wildman–Crippen MR) is 101 cm³/mol. The molecule has 1 aromatic heterocycles. The highest BCUT2D eigenvalue weighted by Crippen LogP contribution is 2.26. The molecule has 0 aliphatic heterocycles. The Morgan fingerprint density at radius 2 is 1.64 bits per heavy atom. The molecule has 0 aliphatic carbocycles. The molecule has 1 heterocycles. The Morgan fingerprint density at radius 1 is 0.857 bits per heavy atom. The summed E-state index contributed by atoms with van der Waals surface area (Å²) in [6.45, 7) is 0. The summed E-state index contributed by atoms with van der Waals surface area (Å²) in [5, 5.41) is -0.0526. The number of benzene rings is 3. The van der Waals surface area contributed by atoms with Gasteiger partial charge in [-0.3, -0.25) is 4.79 Å². The van der Waals surface area contributed by atoms with Crippen LogP contribution in [0.3, 0.4) is 0 Å². The molecule has 0 fully saturated rings. The van der Waals surface area contributed by atoms with Gasteiger partial charge in [-0.25, -0.2) is 22.5 Å². The van der Waals surface area contributed by atoms with E-state index < -0.39 is 28.8 Å². The Morgan fingerprint density at radius 3 is 2.36 bits per heavy atom. The first-order valence-electron chi connectivity index (χ1n) is 7.96. The number of nitrogens with zero attached hydrogens (tertiary/aromatic N) is 1. The minimum Gasteiger partial charge on any atom is -0.409 e. The van der Waals surface area contributed by atoms with Crippen LogP contribution in [0, 0.1) is 17.5 Å². The van der Waals surface area contributed by atoms with Crippen molar-refractivity contribution in [3.05, 3.63) is 97.4 Å². The fraction of sp³-hybridized carbons (Fsp3) is 0. The summed E-state index contributed by atoms with van der Waals surface area (Å²) in [5.74, 6) is -3.40. The predicted octanol–water partition coefficient (Wildman–Crippen LogP) is 4.79. The summed E-state index contributed by atoms with van der Waals surface area (Å²) in [6.07, 6.45) is 0. The van der Waals surface area contributed by atoms with E-state index in [1.807, 2.05) is 0 Å². The molecule has 0 unspecified atom stereocenters. The summed E-state index contributed by atoms with van der Waals surface area (Å²) in [5.41, 5.74) is -0.789. The van der Waals surface area contributed by atoms with Crippen molar-refractivity contribution in [1.82, 2.24) is 4.57 Å². The first kappa shape index (κ1) is 18.2. The normalized spacial score (nSPS) is 11.1. The van der Waals surface area contributed by atoms with Crippen LogP contribution in [0.1, 0.15) is 0 Å². The first-order valence-corrected chi connectivity index (χ1v) is 8.75. The number of rotatable bonds is 2. The summed E-state index contributed by atoms with van der Waals surface area (Å²) < 4.78 is 47.6. The maximum atomic E-state index is 14.3. The van der Waals surface area contributed by atoms with Crippen LogP contribution in [0.5, 0.6) is 0 Å². The second-order valence-corrected chi connectivity index (χ2v) is 6.86. The van der Waals surface area contributed by atoms with Gasteiger partial charge in [-0.2, -0.15) is 0 Å². The van der Waals surface area contributed by atoms with Crippen LogP contribution in [0.4, 0.5) is 13.2 Å². The van der Waals surface area contributed by atoms with Crippen LogP contribution in [0.25, 0.3) is 27.8 Å². The highest BCUT2D eigenvalue weighted by Gasteiger charge is 2.16. The van der Waals surface area contributed by atoms with Crippen LogP contribution in [-0.2, 0) is 0 Å². The third kappa shape index (κ3) is 3.05. The number of hydrogen-bond acceptors (Lipinski definition) is 3. The summed E-state index contributed by atoms with van der Waals surface area (Å²) >= 11 is 3.10. The molecule has 0 radical (unpaired) electrons. The quantitative estimate of drug-likeness (QED) is 0.443. The molecule has 0 N–H and O–H groups in total. The van der Waals surface area contributed by atoms with Gasteiger partial charge in [0.05, 0.1) is 11.1 Å². The van der Waals surface area contributed by atoms with E-state index in [2.05, 4.69) is 15.9 Å². The maximum Gasteiger partial charge on any atom is 0.427 e. The van der Waals surface area contributed by atoms with Crippen molar-refractivity contribution in [3.8, 4) is 16.8 Å². The molecule has 0 saturated heterocycles. The van der Waals surface area contributed by atoms with Gasteiger partial charge in [0.25, 0.3) is 5.56 Å². The van der Waals surface area contributed by atoms with Crippen molar-refractivity contribution in [2.45, 2.75) is 0 Å². The van der Waals surface area contributed by atoms with E-state index >= 15 is 0 Å². The standard InChI is InChI=1S/C20H9BrF3NO3/c21-11-2-5-17(16(24)8-11)25-19(26)14-7-10(1-6-18(14)28-20(25)27)13-4-3-12(22)9-15(13)23/h1-9H. The molecule has 140 valence electrons. The third-order valence-electron chi connectivity index (χ3n) is 4.19. The Labute approximate surface area is 163 Å². The Hall–Kier alpha value is -3.13. The van der Waals surface area contributed by atoms with Crippen LogP contribution in [0.15, 0.2) is 73.1 Å². The van der Waals surface area contributed by atoms with E-state index in [-0.39, 0.29) is 27.8 Å². The van der Waals surface area contributed by atoms with Crippen molar-refractivity contribution >= 4 is 26.9 Å². The molecule has 4 rings (SSSR count). The van der Waals surface area contributed by atoms with Crippen LogP contribution in [0.2, 0.25) is 0 Å². The Balaban J connectivity index is 1.99. The summed E-state index contributed by atoms with van der Waals surface area (Å²) in [4.78, 5) is 25.1. The molecule has 0 saturated carbocycles. The van der Waals surface area contributed by atoms with Crippen molar-refractivity contribution in [3.63, 3.8) is 0 Å². The monoisotopic (exact) mass is 447 g/mol. The molecule has 28 heavy (non-hydrogen) atoms. The molecule has 4 nitrogen and oxygen atoms in total. The van der Waals surface area contributed by atoms with Crippen molar-refractivity contribution < 1.29 is 17.6 Å². The number of hydrogen-bond donors (Lipinski definition) is 0. The summed E-state index contributed by atoms with van der Waals surface area (Å²) in [6, 6.07) is 11.0. The van der Waals surface area contributed by atoms with Gasteiger partial charge >= 0.3 is 5.76 Å². The van der Waals surface area contributed by atoms with Gasteiger partial charge in [0.15, 0.2) is 0 Å². The fourth-order valence-electron chi connectivity index (χ4n) is 2.89. The molecule has 4 aromatic rings. The van der Waals surface area contributed by atoms with Crippen molar-refractivity contribution in [1.29, 1.82) is 0 Å². The third-order valence-corrected chi connectivity index (χ3v) is 4.68. The van der Waals surface area contributed by atoms with Crippen molar-refractivity contribution in [2.75, 3.05) is 0 Å². The molecule has 0 spiro atoms. The second kappa shape index (κ2) is 6.79. The highest BCUT2D eigenvalue weighted by molar-refractivity contribution is 9.10. The molecular weight excluding hydrogens is 439 g/mol. The van der Waals surface area contributed by atoms with E-state index in [1.54, 1.807) is 0 Å². The van der Waals surface area contributed by atoms with Crippen molar-refractivity contribution in [2.24, 2.45) is 0 Å². The van der Waals surface area contributed by atoms with E-state index in [1.165, 1.54) is 36.4 Å². The zero-order valence-electron chi connectivity index (χ0n) is 13.9. The first-order chi connectivity index (χ1) is 13.3. The van der Waals surface area contributed by atoms with Crippen LogP contribution in [-0.4, -0.2) is 4.57 Å². The second-order valence-electron chi connectivity index (χ2n) is 5.94. The zero-order valence-corrected chi connectivity index (χ0v) is 15.5. The lowest BCUT2D eigenvalue weighted by molar-refractivity contribution is 0.496. The van der Waals surface area contributed by atoms with E-state index in [9.17, 15) is 22.8 Å². The maximum absolute atomic E-state index is 14.3. The SMILES string of the molecule is O=c1oc2ccc(-c3ccc(F)cc3F)cc2c(=O)n1-c1ccc(Br)cc1F. The Kier molecular flexibility index (Phi) is 4.43. The number of halogens is 4. The average molecular weight is 448 g/mol. The smallest absolute Gasteiger partial charge is 0.409 e. The molecular formula is C20H9BrF3NO3. The molecule has 8 heteroatoms. The summed E-state index contributed by atoms with van der Waals surface area (Å²) in [7, 11) is 0. The average Bonchev–Trinajstić information content (AvgIpc) is 2.63. The topological polar surface area (TPSA) is 52.2 Å². The number of fused-ring (bicyclic) bond motifs is 1. The molecule has 0 bridgehead atoms. The minimum atomic E-state index is -1.06. The van der Waals surface area contributed by atoms with Gasteiger partial charge in [-0.1, -0.05) is 22.0 Å². The lowest BCUT2D eigenvalue weighted by Crippen LogP contribution is -2.31. The Bertz CT molecular complexity index is 1360. The molecule has 0 amide bonds. The number of aromatic nitrogens is 1. The highest BCUT2D eigenvalue weighted by atomic mass is 79.9. The zero-order chi connectivity index (χ0) is 20.0. The van der Waals surface area contributed by atoms with Gasteiger partial charge < -0.3 is 4.42 Å². The van der Waals surface area contributed by atoms with Crippen LogP contribution < -0.4 is 11.3 Å².